The van der Waals surface area contributed by atoms with Gasteiger partial charge in [0, 0.05) is 0 Å². The molecule has 5 nitrogen and oxygen atoms in total. The number of hydrogen-bond donors (Lipinski definition) is 3. The van der Waals surface area contributed by atoms with E-state index < -0.39 is 24.4 Å². The molecule has 11 heavy (non-hydrogen) atoms. The topological polar surface area (TPSA) is 101 Å². The van der Waals surface area contributed by atoms with Crippen LogP contribution < -0.4 is 5.73 Å². The first kappa shape index (κ1) is 17.8. The van der Waals surface area contributed by atoms with Crippen LogP contribution in [-0.4, -0.2) is 87.3 Å². The van der Waals surface area contributed by atoms with E-state index in [0.29, 0.717) is 0 Å². The summed E-state index contributed by atoms with van der Waals surface area (Å²) in [6, 6.07) is -1.29. The number of carboxylic acids is 2. The van der Waals surface area contributed by atoms with E-state index in [1.807, 2.05) is 0 Å². The van der Waals surface area contributed by atoms with Crippen LogP contribution in [0.4, 0.5) is 0 Å². The second kappa shape index (κ2) is 8.99. The molecule has 1 unspecified atom stereocenters. The Hall–Kier alpha value is 0.900. The van der Waals surface area contributed by atoms with Gasteiger partial charge in [0.25, 0.3) is 0 Å². The molecule has 7 heteroatoms. The van der Waals surface area contributed by atoms with E-state index in [1.54, 1.807) is 0 Å². The molecule has 0 aliphatic rings. The van der Waals surface area contributed by atoms with E-state index in [0.717, 1.165) is 0 Å². The summed E-state index contributed by atoms with van der Waals surface area (Å²) in [7, 11) is 0. The van der Waals surface area contributed by atoms with E-state index in [1.165, 1.54) is 0 Å². The van der Waals surface area contributed by atoms with Crippen molar-refractivity contribution in [2.45, 2.75) is 12.5 Å². The standard InChI is InChI=1S/C4H7NO4.2Na.2H/c5-2(4(8)9)1-3(6)7;;;;/h2H,1,5H2,(H,6,7)(H,8,9);;;;. The van der Waals surface area contributed by atoms with Crippen LogP contribution in [0.25, 0.3) is 0 Å². The van der Waals surface area contributed by atoms with Crippen molar-refractivity contribution in [3.05, 3.63) is 0 Å². The van der Waals surface area contributed by atoms with Crippen molar-refractivity contribution in [3.8, 4) is 0 Å². The molecule has 0 rings (SSSR count). The third kappa shape index (κ3) is 10.9. The Balaban J connectivity index is -0.000000320. The van der Waals surface area contributed by atoms with Crippen LogP contribution >= 0.6 is 0 Å². The molecule has 1 atom stereocenters. The molecule has 0 bridgehead atoms. The Labute approximate surface area is 108 Å². The summed E-state index contributed by atoms with van der Waals surface area (Å²) in [5.41, 5.74) is 4.84. The molecule has 0 aliphatic heterocycles. The fraction of sp³-hybridized carbons (Fsp3) is 0.500. The van der Waals surface area contributed by atoms with Gasteiger partial charge >= 0.3 is 71.1 Å². The molecule has 4 N–H and O–H groups in total. The molecular weight excluding hydrogens is 172 g/mol. The van der Waals surface area contributed by atoms with Gasteiger partial charge in [0.05, 0.1) is 6.42 Å². The summed E-state index contributed by atoms with van der Waals surface area (Å²) >= 11 is 0. The Morgan fingerprint density at radius 1 is 1.27 bits per heavy atom. The van der Waals surface area contributed by atoms with E-state index in [-0.39, 0.29) is 59.1 Å². The fourth-order valence-electron chi connectivity index (χ4n) is 0.275. The molecule has 0 aromatic rings. The zero-order chi connectivity index (χ0) is 7.44. The predicted octanol–water partition coefficient (Wildman–Crippen LogP) is -2.42. The Morgan fingerprint density at radius 2 is 1.64 bits per heavy atom. The number of rotatable bonds is 3. The average Bonchev–Trinajstić information content (AvgIpc) is 1.63. The zero-order valence-electron chi connectivity index (χ0n) is 4.57. The van der Waals surface area contributed by atoms with Gasteiger partial charge in [-0.3, -0.25) is 9.59 Å². The number of hydrogen-bond acceptors (Lipinski definition) is 3. The number of carbonyl (C=O) groups is 2. The first-order valence-corrected chi connectivity index (χ1v) is 2.24. The van der Waals surface area contributed by atoms with Crippen molar-refractivity contribution in [3.63, 3.8) is 0 Å². The number of nitrogens with two attached hydrogens (primary N) is 1. The Bertz CT molecular complexity index is 140. The Morgan fingerprint density at radius 3 is 1.73 bits per heavy atom. The van der Waals surface area contributed by atoms with Gasteiger partial charge in [0.15, 0.2) is 0 Å². The molecule has 0 saturated carbocycles. The second-order valence-corrected chi connectivity index (χ2v) is 1.54. The number of aliphatic carboxylic acids is 2. The number of carboxylic acid groups (broad SMARTS) is 2. The SMILES string of the molecule is NC(CC(=O)O)C(=O)O.[NaH].[NaH]. The maximum atomic E-state index is 9.85. The summed E-state index contributed by atoms with van der Waals surface area (Å²) in [5.74, 6) is -2.50. The molecule has 0 amide bonds. The van der Waals surface area contributed by atoms with Gasteiger partial charge in [-0.1, -0.05) is 0 Å². The molecule has 0 aromatic carbocycles. The van der Waals surface area contributed by atoms with Gasteiger partial charge in [0.1, 0.15) is 6.04 Å². The quantitative estimate of drug-likeness (QED) is 0.420. The van der Waals surface area contributed by atoms with Gasteiger partial charge in [-0.2, -0.15) is 0 Å². The fourth-order valence-corrected chi connectivity index (χ4v) is 0.275. The Kier molecular flexibility index (Phi) is 14.6. The molecule has 0 fully saturated rings. The zero-order valence-corrected chi connectivity index (χ0v) is 4.57. The van der Waals surface area contributed by atoms with Crippen molar-refractivity contribution in [1.29, 1.82) is 0 Å². The van der Waals surface area contributed by atoms with Crippen LogP contribution in [0.2, 0.25) is 0 Å². The van der Waals surface area contributed by atoms with E-state index in [9.17, 15) is 9.59 Å². The third-order valence-electron chi connectivity index (χ3n) is 0.712. The van der Waals surface area contributed by atoms with E-state index in [2.05, 4.69) is 0 Å². The van der Waals surface area contributed by atoms with Gasteiger partial charge < -0.3 is 15.9 Å². The van der Waals surface area contributed by atoms with Crippen molar-refractivity contribution >= 4 is 71.1 Å². The molecule has 0 aromatic heterocycles. The van der Waals surface area contributed by atoms with E-state index in [4.69, 9.17) is 15.9 Å². The van der Waals surface area contributed by atoms with Crippen LogP contribution in [0.3, 0.4) is 0 Å². The van der Waals surface area contributed by atoms with Crippen molar-refractivity contribution < 1.29 is 19.8 Å². The minimum absolute atomic E-state index is 0. The van der Waals surface area contributed by atoms with Crippen LogP contribution in [-0.2, 0) is 9.59 Å². The van der Waals surface area contributed by atoms with Crippen LogP contribution in [0.15, 0.2) is 0 Å². The summed E-state index contributed by atoms with van der Waals surface area (Å²) in [6.45, 7) is 0. The van der Waals surface area contributed by atoms with Gasteiger partial charge in [-0.05, 0) is 0 Å². The van der Waals surface area contributed by atoms with Crippen LogP contribution in [0.1, 0.15) is 6.42 Å². The predicted molar refractivity (Wildman–Crippen MR) is 42.2 cm³/mol. The minimum atomic E-state index is -1.29. The molecular formula is C4H9NNa2O4. The molecule has 0 aliphatic carbocycles. The van der Waals surface area contributed by atoms with Gasteiger partial charge in [-0.25, -0.2) is 0 Å². The monoisotopic (exact) mass is 181 g/mol. The van der Waals surface area contributed by atoms with Crippen LogP contribution in [0, 0.1) is 0 Å². The summed E-state index contributed by atoms with van der Waals surface area (Å²) < 4.78 is 0. The van der Waals surface area contributed by atoms with Gasteiger partial charge in [-0.15, -0.1) is 0 Å². The molecule has 0 spiro atoms. The normalized spacial score (nSPS) is 10.3. The van der Waals surface area contributed by atoms with E-state index >= 15 is 0 Å². The summed E-state index contributed by atoms with van der Waals surface area (Å²) in [5, 5.41) is 16.0. The second-order valence-electron chi connectivity index (χ2n) is 1.54. The molecule has 56 valence electrons. The van der Waals surface area contributed by atoms with Gasteiger partial charge in [0.2, 0.25) is 0 Å². The average molecular weight is 181 g/mol. The maximum absolute atomic E-state index is 9.85. The van der Waals surface area contributed by atoms with Crippen molar-refractivity contribution in [2.24, 2.45) is 5.73 Å². The van der Waals surface area contributed by atoms with Crippen molar-refractivity contribution in [1.82, 2.24) is 0 Å². The molecule has 0 heterocycles. The summed E-state index contributed by atoms with van der Waals surface area (Å²) in [4.78, 5) is 19.6. The first-order valence-electron chi connectivity index (χ1n) is 2.24. The first-order chi connectivity index (χ1) is 4.04. The molecule has 0 radical (unpaired) electrons. The van der Waals surface area contributed by atoms with Crippen molar-refractivity contribution in [2.75, 3.05) is 0 Å². The summed E-state index contributed by atoms with van der Waals surface area (Å²) in [6.07, 6.45) is -0.532. The van der Waals surface area contributed by atoms with Crippen LogP contribution in [0.5, 0.6) is 0 Å². The molecule has 0 saturated heterocycles. The third-order valence-corrected chi connectivity index (χ3v) is 0.712.